The number of carbonyl (C=O) groups is 1. The van der Waals surface area contributed by atoms with Gasteiger partial charge in [0.05, 0.1) is 5.52 Å². The number of amides is 1. The lowest BCUT2D eigenvalue weighted by atomic mass is 10.3. The number of likely N-dealkylation sites (tertiary alicyclic amines) is 1. The van der Waals surface area contributed by atoms with Gasteiger partial charge in [0.1, 0.15) is 0 Å². The van der Waals surface area contributed by atoms with E-state index in [-0.39, 0.29) is 5.91 Å². The number of hydrogen-bond acceptors (Lipinski definition) is 3. The number of carbonyl (C=O) groups excluding carboxylic acids is 1. The van der Waals surface area contributed by atoms with Gasteiger partial charge in [-0.05, 0) is 25.0 Å². The number of fused-ring (bicyclic) bond motifs is 1. The van der Waals surface area contributed by atoms with E-state index in [1.54, 1.807) is 6.07 Å². The smallest absolute Gasteiger partial charge is 0.408 e. The van der Waals surface area contributed by atoms with Crippen molar-refractivity contribution >= 4 is 17.0 Å². The van der Waals surface area contributed by atoms with E-state index in [4.69, 9.17) is 4.42 Å². The minimum atomic E-state index is -0.393. The Hall–Kier alpha value is -2.04. The average molecular weight is 260 g/mol. The van der Waals surface area contributed by atoms with Gasteiger partial charge in [0.2, 0.25) is 5.91 Å². The normalized spacial score (nSPS) is 15.3. The molecule has 0 bridgehead atoms. The van der Waals surface area contributed by atoms with Crippen LogP contribution in [-0.2, 0) is 11.3 Å². The molecule has 1 amide bonds. The summed E-state index contributed by atoms with van der Waals surface area (Å²) in [6.07, 6.45) is 2.52. The largest absolute Gasteiger partial charge is 0.419 e. The Kier molecular flexibility index (Phi) is 3.11. The van der Waals surface area contributed by atoms with E-state index >= 15 is 0 Å². The molecule has 3 rings (SSSR count). The van der Waals surface area contributed by atoms with Crippen molar-refractivity contribution in [2.75, 3.05) is 13.1 Å². The van der Waals surface area contributed by atoms with Crippen LogP contribution in [0.15, 0.2) is 33.5 Å². The standard InChI is InChI=1S/C14H16N2O3/c17-13(15-8-3-4-9-15)7-10-16-11-5-1-2-6-12(11)19-14(16)18/h1-2,5-6H,3-4,7-10H2. The summed E-state index contributed by atoms with van der Waals surface area (Å²) in [7, 11) is 0. The molecule has 0 radical (unpaired) electrons. The number of hydrogen-bond donors (Lipinski definition) is 0. The predicted molar refractivity (Wildman–Crippen MR) is 70.9 cm³/mol. The quantitative estimate of drug-likeness (QED) is 0.842. The number of para-hydroxylation sites is 2. The fourth-order valence-electron chi connectivity index (χ4n) is 2.56. The van der Waals surface area contributed by atoms with Crippen LogP contribution in [0.3, 0.4) is 0 Å². The first-order chi connectivity index (χ1) is 9.25. The van der Waals surface area contributed by atoms with Crippen LogP contribution in [-0.4, -0.2) is 28.5 Å². The van der Waals surface area contributed by atoms with Crippen molar-refractivity contribution in [3.8, 4) is 0 Å². The molecule has 1 saturated heterocycles. The Morgan fingerprint density at radius 2 is 1.95 bits per heavy atom. The molecule has 1 aromatic heterocycles. The first kappa shape index (κ1) is 12.0. The van der Waals surface area contributed by atoms with Crippen LogP contribution >= 0.6 is 0 Å². The van der Waals surface area contributed by atoms with E-state index < -0.39 is 5.76 Å². The Balaban J connectivity index is 1.76. The molecule has 0 atom stereocenters. The highest BCUT2D eigenvalue weighted by Gasteiger charge is 2.18. The molecule has 19 heavy (non-hydrogen) atoms. The zero-order valence-corrected chi connectivity index (χ0v) is 10.7. The zero-order valence-electron chi connectivity index (χ0n) is 10.7. The number of oxazole rings is 1. The summed E-state index contributed by atoms with van der Waals surface area (Å²) in [5, 5.41) is 0. The minimum absolute atomic E-state index is 0.120. The molecule has 2 heterocycles. The van der Waals surface area contributed by atoms with Crippen LogP contribution in [0.1, 0.15) is 19.3 Å². The third-order valence-electron chi connectivity index (χ3n) is 3.58. The second kappa shape index (κ2) is 4.91. The van der Waals surface area contributed by atoms with Gasteiger partial charge < -0.3 is 9.32 Å². The van der Waals surface area contributed by atoms with Crippen LogP contribution < -0.4 is 5.76 Å². The zero-order chi connectivity index (χ0) is 13.2. The molecule has 0 saturated carbocycles. The van der Waals surface area contributed by atoms with Crippen LogP contribution in [0, 0.1) is 0 Å². The monoisotopic (exact) mass is 260 g/mol. The number of nitrogens with zero attached hydrogens (tertiary/aromatic N) is 2. The maximum atomic E-state index is 12.0. The number of benzene rings is 1. The van der Waals surface area contributed by atoms with E-state index in [1.165, 1.54) is 4.57 Å². The SMILES string of the molecule is O=C(CCn1c(=O)oc2ccccc21)N1CCCC1. The Labute approximate surface area is 110 Å². The second-order valence-corrected chi connectivity index (χ2v) is 4.83. The van der Waals surface area contributed by atoms with E-state index in [0.29, 0.717) is 18.5 Å². The highest BCUT2D eigenvalue weighted by atomic mass is 16.4. The van der Waals surface area contributed by atoms with Crippen molar-refractivity contribution < 1.29 is 9.21 Å². The Morgan fingerprint density at radius 1 is 1.21 bits per heavy atom. The molecule has 0 N–H and O–H groups in total. The molecule has 0 aliphatic carbocycles. The fraction of sp³-hybridized carbons (Fsp3) is 0.429. The lowest BCUT2D eigenvalue weighted by molar-refractivity contribution is -0.130. The predicted octanol–water partition coefficient (Wildman–Crippen LogP) is 1.61. The molecular formula is C14H16N2O3. The molecule has 1 aliphatic rings. The lowest BCUT2D eigenvalue weighted by Gasteiger charge is -2.14. The van der Waals surface area contributed by atoms with Crippen molar-refractivity contribution in [2.24, 2.45) is 0 Å². The molecule has 100 valence electrons. The van der Waals surface area contributed by atoms with E-state index in [0.717, 1.165) is 31.4 Å². The van der Waals surface area contributed by atoms with Crippen LogP contribution in [0.5, 0.6) is 0 Å². The maximum absolute atomic E-state index is 12.0. The fourth-order valence-corrected chi connectivity index (χ4v) is 2.56. The van der Waals surface area contributed by atoms with E-state index in [9.17, 15) is 9.59 Å². The van der Waals surface area contributed by atoms with Crippen molar-refractivity contribution in [3.05, 3.63) is 34.8 Å². The van der Waals surface area contributed by atoms with Gasteiger partial charge in [-0.15, -0.1) is 0 Å². The molecule has 0 unspecified atom stereocenters. The number of rotatable bonds is 3. The van der Waals surface area contributed by atoms with E-state index in [1.807, 2.05) is 23.1 Å². The van der Waals surface area contributed by atoms with Crippen molar-refractivity contribution in [1.29, 1.82) is 0 Å². The van der Waals surface area contributed by atoms with Gasteiger partial charge in [0.25, 0.3) is 0 Å². The van der Waals surface area contributed by atoms with Gasteiger partial charge >= 0.3 is 5.76 Å². The van der Waals surface area contributed by atoms with Gasteiger partial charge in [-0.3, -0.25) is 9.36 Å². The minimum Gasteiger partial charge on any atom is -0.408 e. The highest BCUT2D eigenvalue weighted by molar-refractivity contribution is 5.77. The first-order valence-electron chi connectivity index (χ1n) is 6.62. The van der Waals surface area contributed by atoms with Gasteiger partial charge in [-0.1, -0.05) is 12.1 Å². The van der Waals surface area contributed by atoms with E-state index in [2.05, 4.69) is 0 Å². The Morgan fingerprint density at radius 3 is 2.74 bits per heavy atom. The molecule has 1 fully saturated rings. The van der Waals surface area contributed by atoms with Gasteiger partial charge in [0, 0.05) is 26.1 Å². The lowest BCUT2D eigenvalue weighted by Crippen LogP contribution is -2.29. The van der Waals surface area contributed by atoms with Gasteiger partial charge in [-0.25, -0.2) is 4.79 Å². The van der Waals surface area contributed by atoms with Crippen LogP contribution in [0.2, 0.25) is 0 Å². The molecule has 1 aromatic carbocycles. The second-order valence-electron chi connectivity index (χ2n) is 4.83. The molecule has 5 nitrogen and oxygen atoms in total. The third-order valence-corrected chi connectivity index (χ3v) is 3.58. The summed E-state index contributed by atoms with van der Waals surface area (Å²) < 4.78 is 6.67. The maximum Gasteiger partial charge on any atom is 0.419 e. The summed E-state index contributed by atoms with van der Waals surface area (Å²) in [5.74, 6) is -0.273. The van der Waals surface area contributed by atoms with Crippen LogP contribution in [0.4, 0.5) is 0 Å². The van der Waals surface area contributed by atoms with Crippen molar-refractivity contribution in [2.45, 2.75) is 25.8 Å². The summed E-state index contributed by atoms with van der Waals surface area (Å²) in [4.78, 5) is 25.6. The van der Waals surface area contributed by atoms with Crippen molar-refractivity contribution in [1.82, 2.24) is 9.47 Å². The first-order valence-corrected chi connectivity index (χ1v) is 6.62. The summed E-state index contributed by atoms with van der Waals surface area (Å²) in [6, 6.07) is 7.27. The molecule has 2 aromatic rings. The third kappa shape index (κ3) is 2.28. The average Bonchev–Trinajstić information content (AvgIpc) is 3.03. The molecule has 0 spiro atoms. The summed E-state index contributed by atoms with van der Waals surface area (Å²) >= 11 is 0. The van der Waals surface area contributed by atoms with Gasteiger partial charge in [-0.2, -0.15) is 0 Å². The van der Waals surface area contributed by atoms with Gasteiger partial charge in [0.15, 0.2) is 5.58 Å². The molecule has 5 heteroatoms. The highest BCUT2D eigenvalue weighted by Crippen LogP contribution is 2.13. The number of aromatic nitrogens is 1. The molecular weight excluding hydrogens is 244 g/mol. The van der Waals surface area contributed by atoms with Crippen molar-refractivity contribution in [3.63, 3.8) is 0 Å². The number of aryl methyl sites for hydroxylation is 1. The Bertz CT molecular complexity index is 650. The summed E-state index contributed by atoms with van der Waals surface area (Å²) in [5.41, 5.74) is 1.32. The van der Waals surface area contributed by atoms with Crippen LogP contribution in [0.25, 0.3) is 11.1 Å². The topological polar surface area (TPSA) is 55.5 Å². The molecule has 1 aliphatic heterocycles. The summed E-state index contributed by atoms with van der Waals surface area (Å²) in [6.45, 7) is 2.07.